The third-order valence-electron chi connectivity index (χ3n) is 1.73. The zero-order valence-electron chi connectivity index (χ0n) is 8.93. The van der Waals surface area contributed by atoms with Crippen LogP contribution in [0.3, 0.4) is 0 Å². The van der Waals surface area contributed by atoms with Crippen LogP contribution in [0.5, 0.6) is 0 Å². The van der Waals surface area contributed by atoms with E-state index < -0.39 is 11.8 Å². The van der Waals surface area contributed by atoms with Crippen molar-refractivity contribution in [2.45, 2.75) is 6.42 Å². The molecule has 0 unspecified atom stereocenters. The number of hydrogen-bond donors (Lipinski definition) is 2. The highest BCUT2D eigenvalue weighted by atomic mass is 35.5. The first-order valence-corrected chi connectivity index (χ1v) is 5.26. The Morgan fingerprint density at radius 1 is 1.24 bits per heavy atom. The van der Waals surface area contributed by atoms with Gasteiger partial charge in [-0.3, -0.25) is 9.59 Å². The van der Waals surface area contributed by atoms with Crippen molar-refractivity contribution in [2.75, 3.05) is 23.9 Å². The van der Waals surface area contributed by atoms with E-state index in [0.717, 1.165) is 0 Å². The number of rotatable bonds is 7. The fourth-order valence-corrected chi connectivity index (χ4v) is 1.28. The van der Waals surface area contributed by atoms with Gasteiger partial charge in [-0.25, -0.2) is 0 Å². The lowest BCUT2D eigenvalue weighted by Gasteiger charge is -2.15. The number of anilines is 1. The van der Waals surface area contributed by atoms with Gasteiger partial charge in [0, 0.05) is 12.3 Å². The van der Waals surface area contributed by atoms with E-state index in [0.29, 0.717) is 18.2 Å². The molecule has 1 aromatic rings. The van der Waals surface area contributed by atoms with Crippen LogP contribution in [0, 0.1) is 0 Å². The summed E-state index contributed by atoms with van der Waals surface area (Å²) in [5.41, 5.74) is 10.1. The molecule has 0 atom stereocenters. The Bertz CT molecular complexity index is 392. The quantitative estimate of drug-likeness (QED) is 0.583. The van der Waals surface area contributed by atoms with Gasteiger partial charge in [-0.15, -0.1) is 16.7 Å². The van der Waals surface area contributed by atoms with Crippen LogP contribution in [0.4, 0.5) is 6.01 Å². The van der Waals surface area contributed by atoms with Crippen LogP contribution < -0.4 is 16.4 Å². The fourth-order valence-electron chi connectivity index (χ4n) is 1.12. The second kappa shape index (κ2) is 6.04. The van der Waals surface area contributed by atoms with Crippen molar-refractivity contribution in [3.8, 4) is 0 Å². The summed E-state index contributed by atoms with van der Waals surface area (Å²) in [5.74, 6) is -0.631. The highest BCUT2D eigenvalue weighted by Crippen LogP contribution is 2.12. The second-order valence-corrected chi connectivity index (χ2v) is 3.58. The SMILES string of the molecule is NC(=O)CN(CC(N)=O)c1nnc(CCCl)o1. The highest BCUT2D eigenvalue weighted by Gasteiger charge is 2.18. The van der Waals surface area contributed by atoms with E-state index in [1.54, 1.807) is 0 Å². The molecule has 0 bridgehead atoms. The van der Waals surface area contributed by atoms with Gasteiger partial charge >= 0.3 is 6.01 Å². The van der Waals surface area contributed by atoms with Crippen molar-refractivity contribution < 1.29 is 14.0 Å². The zero-order valence-corrected chi connectivity index (χ0v) is 9.68. The summed E-state index contributed by atoms with van der Waals surface area (Å²) in [7, 11) is 0. The van der Waals surface area contributed by atoms with Gasteiger partial charge in [-0.2, -0.15) is 0 Å². The van der Waals surface area contributed by atoms with Gasteiger partial charge < -0.3 is 20.8 Å². The molecule has 0 aliphatic rings. The average Bonchev–Trinajstić information content (AvgIpc) is 2.64. The number of amides is 2. The summed E-state index contributed by atoms with van der Waals surface area (Å²) in [6.45, 7) is -0.461. The van der Waals surface area contributed by atoms with Crippen molar-refractivity contribution in [3.63, 3.8) is 0 Å². The Morgan fingerprint density at radius 3 is 2.29 bits per heavy atom. The van der Waals surface area contributed by atoms with Gasteiger partial charge in [-0.1, -0.05) is 5.10 Å². The number of nitrogens with zero attached hydrogens (tertiary/aromatic N) is 3. The molecule has 0 saturated carbocycles. The number of primary amides is 2. The molecule has 17 heavy (non-hydrogen) atoms. The summed E-state index contributed by atoms with van der Waals surface area (Å²) >= 11 is 5.50. The van der Waals surface area contributed by atoms with Gasteiger partial charge in [0.25, 0.3) is 0 Å². The molecular formula is C8H12ClN5O3. The maximum Gasteiger partial charge on any atom is 0.319 e. The van der Waals surface area contributed by atoms with E-state index in [1.807, 2.05) is 0 Å². The molecule has 0 fully saturated rings. The largest absolute Gasteiger partial charge is 0.408 e. The average molecular weight is 262 g/mol. The second-order valence-electron chi connectivity index (χ2n) is 3.21. The lowest BCUT2D eigenvalue weighted by atomic mass is 10.4. The molecule has 8 nitrogen and oxygen atoms in total. The molecule has 4 N–H and O–H groups in total. The van der Waals surface area contributed by atoms with E-state index >= 15 is 0 Å². The summed E-state index contributed by atoms with van der Waals surface area (Å²) in [4.78, 5) is 22.8. The van der Waals surface area contributed by atoms with Gasteiger partial charge in [0.15, 0.2) is 0 Å². The van der Waals surface area contributed by atoms with Gasteiger partial charge in [0.05, 0.1) is 0 Å². The lowest BCUT2D eigenvalue weighted by molar-refractivity contribution is -0.117. The van der Waals surface area contributed by atoms with Crippen LogP contribution in [0.25, 0.3) is 0 Å². The third kappa shape index (κ3) is 4.27. The Hall–Kier alpha value is -1.83. The topological polar surface area (TPSA) is 128 Å². The number of aromatic nitrogens is 2. The Labute approximate surface area is 102 Å². The van der Waals surface area contributed by atoms with Crippen molar-refractivity contribution in [2.24, 2.45) is 11.5 Å². The molecule has 0 radical (unpaired) electrons. The van der Waals surface area contributed by atoms with Crippen LogP contribution in [0.1, 0.15) is 5.89 Å². The minimum atomic E-state index is -0.636. The molecule has 0 aromatic carbocycles. The van der Waals surface area contributed by atoms with Crippen LogP contribution in [-0.2, 0) is 16.0 Å². The summed E-state index contributed by atoms with van der Waals surface area (Å²) in [6, 6.07) is 0.0164. The van der Waals surface area contributed by atoms with Crippen molar-refractivity contribution in [3.05, 3.63) is 5.89 Å². The van der Waals surface area contributed by atoms with Crippen molar-refractivity contribution in [1.29, 1.82) is 0 Å². The number of halogens is 1. The first-order valence-electron chi connectivity index (χ1n) is 4.73. The minimum Gasteiger partial charge on any atom is -0.408 e. The van der Waals surface area contributed by atoms with Crippen LogP contribution in [-0.4, -0.2) is 41.0 Å². The smallest absolute Gasteiger partial charge is 0.319 e. The van der Waals surface area contributed by atoms with E-state index in [4.69, 9.17) is 27.5 Å². The van der Waals surface area contributed by atoms with Gasteiger partial charge in [0.1, 0.15) is 13.1 Å². The van der Waals surface area contributed by atoms with E-state index in [2.05, 4.69) is 10.2 Å². The molecular weight excluding hydrogens is 250 g/mol. The van der Waals surface area contributed by atoms with Crippen LogP contribution in [0.15, 0.2) is 4.42 Å². The molecule has 1 rings (SSSR count). The van der Waals surface area contributed by atoms with Crippen LogP contribution >= 0.6 is 11.6 Å². The molecule has 0 aliphatic carbocycles. The van der Waals surface area contributed by atoms with Gasteiger partial charge in [-0.05, 0) is 0 Å². The van der Waals surface area contributed by atoms with E-state index in [1.165, 1.54) is 4.90 Å². The summed E-state index contributed by atoms with van der Waals surface area (Å²) < 4.78 is 5.19. The zero-order chi connectivity index (χ0) is 12.8. The first-order chi connectivity index (χ1) is 8.02. The lowest BCUT2D eigenvalue weighted by Crippen LogP contribution is -2.39. The molecule has 0 spiro atoms. The number of carbonyl (C=O) groups excluding carboxylic acids is 2. The Morgan fingerprint density at radius 2 is 1.82 bits per heavy atom. The Balaban J connectivity index is 2.79. The van der Waals surface area contributed by atoms with Gasteiger partial charge in [0.2, 0.25) is 17.7 Å². The molecule has 94 valence electrons. The minimum absolute atomic E-state index is 0.0164. The number of hydrogen-bond acceptors (Lipinski definition) is 6. The molecule has 1 aromatic heterocycles. The Kier molecular flexibility index (Phi) is 4.70. The molecule has 1 heterocycles. The molecule has 0 aliphatic heterocycles. The summed E-state index contributed by atoms with van der Waals surface area (Å²) in [6.07, 6.45) is 0.398. The molecule has 2 amide bonds. The van der Waals surface area contributed by atoms with Crippen LogP contribution in [0.2, 0.25) is 0 Å². The predicted molar refractivity (Wildman–Crippen MR) is 59.3 cm³/mol. The predicted octanol–water partition coefficient (Wildman–Crippen LogP) is -1.37. The normalized spacial score (nSPS) is 10.2. The highest BCUT2D eigenvalue weighted by molar-refractivity contribution is 6.17. The third-order valence-corrected chi connectivity index (χ3v) is 1.92. The molecule has 9 heteroatoms. The maximum atomic E-state index is 10.8. The van der Waals surface area contributed by atoms with Crippen molar-refractivity contribution >= 4 is 29.4 Å². The summed E-state index contributed by atoms with van der Waals surface area (Å²) in [5, 5.41) is 7.37. The number of nitrogens with two attached hydrogens (primary N) is 2. The first kappa shape index (κ1) is 13.2. The number of alkyl halides is 1. The van der Waals surface area contributed by atoms with E-state index in [-0.39, 0.29) is 19.1 Å². The number of aryl methyl sites for hydroxylation is 1. The maximum absolute atomic E-state index is 10.8. The van der Waals surface area contributed by atoms with Crippen molar-refractivity contribution in [1.82, 2.24) is 10.2 Å². The fraction of sp³-hybridized carbons (Fsp3) is 0.500. The number of carbonyl (C=O) groups is 2. The van der Waals surface area contributed by atoms with E-state index in [9.17, 15) is 9.59 Å². The standard InChI is InChI=1S/C8H12ClN5O3/c9-2-1-7-12-13-8(17-7)14(3-5(10)15)4-6(11)16/h1-4H2,(H2,10,15)(H2,11,16). The molecule has 0 saturated heterocycles. The monoisotopic (exact) mass is 261 g/mol.